The number of benzene rings is 2. The van der Waals surface area contributed by atoms with Crippen molar-refractivity contribution in [2.45, 2.75) is 30.7 Å². The Kier molecular flexibility index (Phi) is 6.57. The molecule has 1 fully saturated rings. The summed E-state index contributed by atoms with van der Waals surface area (Å²) in [7, 11) is 1.39. The lowest BCUT2D eigenvalue weighted by Crippen LogP contribution is -2.49. The molecule has 168 valence electrons. The first-order valence-electron chi connectivity index (χ1n) is 9.41. The number of nitrogens with zero attached hydrogens (tertiary/aromatic N) is 1. The predicted molar refractivity (Wildman–Crippen MR) is 104 cm³/mol. The van der Waals surface area contributed by atoms with Crippen LogP contribution < -0.4 is 5.32 Å². The molecule has 0 radical (unpaired) electrons. The first-order chi connectivity index (χ1) is 14.4. The summed E-state index contributed by atoms with van der Waals surface area (Å²) in [5, 5.41) is 3.69. The Morgan fingerprint density at radius 1 is 1.03 bits per heavy atom. The Bertz CT molecular complexity index is 927. The lowest BCUT2D eigenvalue weighted by molar-refractivity contribution is -0.143. The minimum absolute atomic E-state index is 0.0100. The molecule has 2 aromatic carbocycles. The van der Waals surface area contributed by atoms with Gasteiger partial charge in [-0.05, 0) is 48.9 Å². The molecule has 0 bridgehead atoms. The lowest BCUT2D eigenvalue weighted by atomic mass is 9.85. The number of amides is 1. The molecule has 0 saturated carbocycles. The molecule has 1 heterocycles. The highest BCUT2D eigenvalue weighted by molar-refractivity contribution is 6.30. The van der Waals surface area contributed by atoms with Crippen molar-refractivity contribution in [3.05, 3.63) is 69.7 Å². The van der Waals surface area contributed by atoms with E-state index >= 15 is 0 Å². The molecule has 0 aliphatic carbocycles. The molecule has 3 rings (SSSR count). The molecular formula is C21H19ClF6N2O. The average Bonchev–Trinajstić information content (AvgIpc) is 2.71. The van der Waals surface area contributed by atoms with Crippen molar-refractivity contribution >= 4 is 17.5 Å². The lowest BCUT2D eigenvalue weighted by Gasteiger charge is -2.39. The van der Waals surface area contributed by atoms with Crippen LogP contribution in [0.1, 0.15) is 39.4 Å². The van der Waals surface area contributed by atoms with E-state index in [2.05, 4.69) is 5.32 Å². The molecule has 0 spiro atoms. The van der Waals surface area contributed by atoms with E-state index in [-0.39, 0.29) is 12.0 Å². The van der Waals surface area contributed by atoms with Crippen LogP contribution in [-0.4, -0.2) is 37.0 Å². The molecule has 1 aliphatic rings. The van der Waals surface area contributed by atoms with Gasteiger partial charge in [0.25, 0.3) is 5.91 Å². The number of nitrogens with one attached hydrogen (secondary N) is 1. The second-order valence-electron chi connectivity index (χ2n) is 7.43. The number of carbonyl (C=O) groups excluding carboxylic acids is 1. The van der Waals surface area contributed by atoms with E-state index in [1.54, 1.807) is 18.2 Å². The zero-order valence-electron chi connectivity index (χ0n) is 16.3. The van der Waals surface area contributed by atoms with Gasteiger partial charge in [0.05, 0.1) is 11.1 Å². The van der Waals surface area contributed by atoms with Crippen LogP contribution in [0, 0.1) is 0 Å². The van der Waals surface area contributed by atoms with Crippen LogP contribution in [0.4, 0.5) is 26.3 Å². The fourth-order valence-corrected chi connectivity index (χ4v) is 4.02. The molecule has 10 heteroatoms. The molecule has 2 aromatic rings. The van der Waals surface area contributed by atoms with Crippen LogP contribution in [0.5, 0.6) is 0 Å². The van der Waals surface area contributed by atoms with Crippen molar-refractivity contribution in [1.82, 2.24) is 10.2 Å². The van der Waals surface area contributed by atoms with Gasteiger partial charge in [0.2, 0.25) is 0 Å². The van der Waals surface area contributed by atoms with Gasteiger partial charge < -0.3 is 10.2 Å². The van der Waals surface area contributed by atoms with Crippen molar-refractivity contribution in [2.24, 2.45) is 0 Å². The SMILES string of the molecule is CN(C(=O)c1cc(C(F)(F)F)cc(C(F)(F)F)c1)C1CCNCC1c1cccc(Cl)c1. The maximum atomic E-state index is 13.2. The topological polar surface area (TPSA) is 32.3 Å². The van der Waals surface area contributed by atoms with Crippen molar-refractivity contribution in [1.29, 1.82) is 0 Å². The van der Waals surface area contributed by atoms with Gasteiger partial charge in [-0.25, -0.2) is 0 Å². The monoisotopic (exact) mass is 464 g/mol. The highest BCUT2D eigenvalue weighted by atomic mass is 35.5. The number of likely N-dealkylation sites (N-methyl/N-ethyl adjacent to an activating group) is 1. The fraction of sp³-hybridized carbons (Fsp3) is 0.381. The predicted octanol–water partition coefficient (Wildman–Crippen LogP) is 5.60. The summed E-state index contributed by atoms with van der Waals surface area (Å²) in [6.45, 7) is 1.04. The number of halogens is 7. The summed E-state index contributed by atoms with van der Waals surface area (Å²) < 4.78 is 79.0. The minimum Gasteiger partial charge on any atom is -0.338 e. The summed E-state index contributed by atoms with van der Waals surface area (Å²) in [6, 6.07) is 7.48. The van der Waals surface area contributed by atoms with Gasteiger partial charge in [0.1, 0.15) is 0 Å². The smallest absolute Gasteiger partial charge is 0.338 e. The molecular weight excluding hydrogens is 446 g/mol. The summed E-state index contributed by atoms with van der Waals surface area (Å²) >= 11 is 6.06. The maximum absolute atomic E-state index is 13.2. The number of piperidine rings is 1. The summed E-state index contributed by atoms with van der Waals surface area (Å²) in [4.78, 5) is 14.2. The quantitative estimate of drug-likeness (QED) is 0.600. The van der Waals surface area contributed by atoms with E-state index in [4.69, 9.17) is 11.6 Å². The molecule has 1 N–H and O–H groups in total. The normalized spacial score (nSPS) is 19.9. The van der Waals surface area contributed by atoms with Crippen LogP contribution in [-0.2, 0) is 12.4 Å². The maximum Gasteiger partial charge on any atom is 0.416 e. The highest BCUT2D eigenvalue weighted by Gasteiger charge is 2.39. The van der Waals surface area contributed by atoms with E-state index in [0.29, 0.717) is 36.7 Å². The fourth-order valence-electron chi connectivity index (χ4n) is 3.82. The number of carbonyl (C=O) groups is 1. The Morgan fingerprint density at radius 3 is 2.19 bits per heavy atom. The third-order valence-electron chi connectivity index (χ3n) is 5.37. The van der Waals surface area contributed by atoms with E-state index in [1.807, 2.05) is 6.07 Å². The number of hydrogen-bond donors (Lipinski definition) is 1. The Labute approximate surface area is 180 Å². The first-order valence-corrected chi connectivity index (χ1v) is 9.78. The molecule has 0 aromatic heterocycles. The van der Waals surface area contributed by atoms with Crippen LogP contribution in [0.25, 0.3) is 0 Å². The molecule has 1 aliphatic heterocycles. The Morgan fingerprint density at radius 2 is 1.65 bits per heavy atom. The summed E-state index contributed by atoms with van der Waals surface area (Å²) in [6.07, 6.45) is -9.57. The third-order valence-corrected chi connectivity index (χ3v) is 5.61. The van der Waals surface area contributed by atoms with Crippen molar-refractivity contribution in [3.8, 4) is 0 Å². The van der Waals surface area contributed by atoms with E-state index in [1.165, 1.54) is 11.9 Å². The number of rotatable bonds is 3. The van der Waals surface area contributed by atoms with Crippen molar-refractivity contribution < 1.29 is 31.1 Å². The van der Waals surface area contributed by atoms with Gasteiger partial charge in [-0.2, -0.15) is 26.3 Å². The van der Waals surface area contributed by atoms with Crippen molar-refractivity contribution in [3.63, 3.8) is 0 Å². The van der Waals surface area contributed by atoms with Crippen LogP contribution in [0.3, 0.4) is 0 Å². The zero-order valence-corrected chi connectivity index (χ0v) is 17.1. The first kappa shape index (κ1) is 23.4. The highest BCUT2D eigenvalue weighted by Crippen LogP contribution is 2.37. The summed E-state index contributed by atoms with van der Waals surface area (Å²) in [5.41, 5.74) is -2.87. The second kappa shape index (κ2) is 8.70. The number of hydrogen-bond acceptors (Lipinski definition) is 2. The number of alkyl halides is 6. The minimum atomic E-state index is -5.02. The van der Waals surface area contributed by atoms with Crippen LogP contribution in [0.2, 0.25) is 5.02 Å². The molecule has 2 unspecified atom stereocenters. The van der Waals surface area contributed by atoms with Gasteiger partial charge in [-0.15, -0.1) is 0 Å². The molecule has 1 amide bonds. The summed E-state index contributed by atoms with van der Waals surface area (Å²) in [5.74, 6) is -1.13. The molecule has 3 nitrogen and oxygen atoms in total. The van der Waals surface area contributed by atoms with E-state index in [9.17, 15) is 31.1 Å². The zero-order chi connectivity index (χ0) is 23.0. The standard InChI is InChI=1S/C21H19ClF6N2O/c1-30(18-5-6-29-11-17(18)12-3-2-4-16(22)9-12)19(31)13-7-14(20(23,24)25)10-15(8-13)21(26,27)28/h2-4,7-10,17-18,29H,5-6,11H2,1H3. The van der Waals surface area contributed by atoms with Gasteiger partial charge in [-0.3, -0.25) is 4.79 Å². The second-order valence-corrected chi connectivity index (χ2v) is 7.87. The largest absolute Gasteiger partial charge is 0.416 e. The Hall–Kier alpha value is -2.26. The van der Waals surface area contributed by atoms with E-state index in [0.717, 1.165) is 5.56 Å². The Balaban J connectivity index is 1.97. The van der Waals surface area contributed by atoms with Crippen LogP contribution in [0.15, 0.2) is 42.5 Å². The molecule has 1 saturated heterocycles. The van der Waals surface area contributed by atoms with Gasteiger partial charge in [0.15, 0.2) is 0 Å². The van der Waals surface area contributed by atoms with Crippen molar-refractivity contribution in [2.75, 3.05) is 20.1 Å². The third kappa shape index (κ3) is 5.33. The van der Waals surface area contributed by atoms with Gasteiger partial charge in [-0.1, -0.05) is 23.7 Å². The average molecular weight is 465 g/mol. The molecule has 31 heavy (non-hydrogen) atoms. The van der Waals surface area contributed by atoms with E-state index < -0.39 is 41.0 Å². The van der Waals surface area contributed by atoms with Gasteiger partial charge >= 0.3 is 12.4 Å². The van der Waals surface area contributed by atoms with Crippen LogP contribution >= 0.6 is 11.6 Å². The van der Waals surface area contributed by atoms with Gasteiger partial charge in [0, 0.05) is 36.1 Å². The molecule has 2 atom stereocenters.